The van der Waals surface area contributed by atoms with Gasteiger partial charge in [0, 0.05) is 5.69 Å². The fraction of sp³-hybridized carbons (Fsp3) is 0.227. The van der Waals surface area contributed by atoms with E-state index in [4.69, 9.17) is 9.72 Å². The molecule has 6 nitrogen and oxygen atoms in total. The fourth-order valence-corrected chi connectivity index (χ4v) is 4.22. The molecule has 0 saturated heterocycles. The lowest BCUT2D eigenvalue weighted by Crippen LogP contribution is -2.34. The second-order valence-electron chi connectivity index (χ2n) is 6.88. The SMILES string of the molecule is COc1ccc2nc(N(Cc3ccccc3)C(=O)Cn3nc(C)cc3C)sc2c1. The molecule has 0 aliphatic rings. The summed E-state index contributed by atoms with van der Waals surface area (Å²) in [5.74, 6) is 0.724. The quantitative estimate of drug-likeness (QED) is 0.478. The van der Waals surface area contributed by atoms with Gasteiger partial charge in [0.05, 0.1) is 29.6 Å². The summed E-state index contributed by atoms with van der Waals surface area (Å²) in [4.78, 5) is 19.7. The van der Waals surface area contributed by atoms with E-state index in [1.54, 1.807) is 16.7 Å². The van der Waals surface area contributed by atoms with Crippen LogP contribution in [0.2, 0.25) is 0 Å². The van der Waals surface area contributed by atoms with E-state index in [1.807, 2.05) is 68.4 Å². The van der Waals surface area contributed by atoms with Crippen molar-refractivity contribution in [3.8, 4) is 5.75 Å². The van der Waals surface area contributed by atoms with Crippen molar-refractivity contribution in [1.29, 1.82) is 0 Å². The number of carbonyl (C=O) groups is 1. The molecule has 0 aliphatic carbocycles. The average molecular weight is 407 g/mol. The maximum Gasteiger partial charge on any atom is 0.250 e. The van der Waals surface area contributed by atoms with Gasteiger partial charge in [-0.1, -0.05) is 41.7 Å². The molecule has 0 atom stereocenters. The van der Waals surface area contributed by atoms with Crippen molar-refractivity contribution in [1.82, 2.24) is 14.8 Å². The highest BCUT2D eigenvalue weighted by atomic mass is 32.1. The number of rotatable bonds is 6. The standard InChI is InChI=1S/C22H22N4O2S/c1-15-11-16(2)26(24-15)14-21(27)25(13-17-7-5-4-6-8-17)22-23-19-10-9-18(28-3)12-20(19)29-22/h4-12H,13-14H2,1-3H3. The highest BCUT2D eigenvalue weighted by molar-refractivity contribution is 7.22. The number of anilines is 1. The number of benzene rings is 2. The molecule has 2 aromatic carbocycles. The van der Waals surface area contributed by atoms with Crippen LogP contribution in [0.1, 0.15) is 17.0 Å². The number of aromatic nitrogens is 3. The van der Waals surface area contributed by atoms with E-state index in [9.17, 15) is 4.79 Å². The van der Waals surface area contributed by atoms with Gasteiger partial charge >= 0.3 is 0 Å². The van der Waals surface area contributed by atoms with Crippen LogP contribution in [-0.2, 0) is 17.9 Å². The van der Waals surface area contributed by atoms with E-state index in [1.165, 1.54) is 11.3 Å². The third-order valence-corrected chi connectivity index (χ3v) is 5.73. The van der Waals surface area contributed by atoms with E-state index >= 15 is 0 Å². The summed E-state index contributed by atoms with van der Waals surface area (Å²) in [6.07, 6.45) is 0. The first-order chi connectivity index (χ1) is 14.0. The van der Waals surface area contributed by atoms with Crippen LogP contribution in [-0.4, -0.2) is 27.8 Å². The summed E-state index contributed by atoms with van der Waals surface area (Å²) in [6, 6.07) is 17.7. The molecule has 0 fully saturated rings. The predicted octanol–water partition coefficient (Wildman–Crippen LogP) is 4.35. The summed E-state index contributed by atoms with van der Waals surface area (Å²) in [6.45, 7) is 4.51. The number of amides is 1. The minimum absolute atomic E-state index is 0.0499. The molecule has 1 amide bonds. The van der Waals surface area contributed by atoms with Crippen LogP contribution >= 0.6 is 11.3 Å². The molecule has 2 aromatic heterocycles. The van der Waals surface area contributed by atoms with Crippen LogP contribution in [0.15, 0.2) is 54.6 Å². The van der Waals surface area contributed by atoms with Gasteiger partial charge in [-0.15, -0.1) is 0 Å². The zero-order valence-electron chi connectivity index (χ0n) is 16.6. The Hall–Kier alpha value is -3.19. The van der Waals surface area contributed by atoms with E-state index in [0.717, 1.165) is 32.9 Å². The fourth-order valence-electron chi connectivity index (χ4n) is 3.21. The van der Waals surface area contributed by atoms with Gasteiger partial charge in [0.15, 0.2) is 5.13 Å². The third-order valence-electron chi connectivity index (χ3n) is 4.69. The Kier molecular flexibility index (Phi) is 5.31. The zero-order chi connectivity index (χ0) is 20.4. The van der Waals surface area contributed by atoms with Gasteiger partial charge < -0.3 is 4.74 Å². The topological polar surface area (TPSA) is 60.2 Å². The lowest BCUT2D eigenvalue weighted by Gasteiger charge is -2.20. The highest BCUT2D eigenvalue weighted by Crippen LogP contribution is 2.32. The van der Waals surface area contributed by atoms with E-state index in [-0.39, 0.29) is 12.5 Å². The molecule has 0 spiro atoms. The molecule has 0 radical (unpaired) electrons. The second kappa shape index (κ2) is 8.05. The lowest BCUT2D eigenvalue weighted by atomic mass is 10.2. The Morgan fingerprint density at radius 3 is 2.62 bits per heavy atom. The molecule has 4 rings (SSSR count). The third kappa shape index (κ3) is 4.14. The Balaban J connectivity index is 1.69. The summed E-state index contributed by atoms with van der Waals surface area (Å²) in [5, 5.41) is 5.10. The number of thiazole rings is 1. The van der Waals surface area contributed by atoms with Crippen molar-refractivity contribution in [2.24, 2.45) is 0 Å². The molecule has 0 N–H and O–H groups in total. The average Bonchev–Trinajstić information content (AvgIpc) is 3.28. The molecular formula is C22H22N4O2S. The van der Waals surface area contributed by atoms with Gasteiger partial charge in [-0.05, 0) is 43.7 Å². The monoisotopic (exact) mass is 406 g/mol. The first kappa shape index (κ1) is 19.1. The number of nitrogens with zero attached hydrogens (tertiary/aromatic N) is 4. The van der Waals surface area contributed by atoms with Gasteiger partial charge in [-0.2, -0.15) is 5.10 Å². The Morgan fingerprint density at radius 2 is 1.93 bits per heavy atom. The molecule has 0 bridgehead atoms. The summed E-state index contributed by atoms with van der Waals surface area (Å²) < 4.78 is 8.04. The minimum Gasteiger partial charge on any atom is -0.497 e. The van der Waals surface area contributed by atoms with Crippen molar-refractivity contribution in [2.45, 2.75) is 26.9 Å². The highest BCUT2D eigenvalue weighted by Gasteiger charge is 2.21. The van der Waals surface area contributed by atoms with Gasteiger partial charge in [0.25, 0.3) is 5.91 Å². The molecule has 29 heavy (non-hydrogen) atoms. The van der Waals surface area contributed by atoms with Crippen LogP contribution in [0.5, 0.6) is 5.75 Å². The van der Waals surface area contributed by atoms with Gasteiger partial charge in [-0.3, -0.25) is 14.4 Å². The molecule has 2 heterocycles. The predicted molar refractivity (Wildman–Crippen MR) is 116 cm³/mol. The molecule has 4 aromatic rings. The molecule has 0 saturated carbocycles. The number of hydrogen-bond donors (Lipinski definition) is 0. The Bertz CT molecular complexity index is 1150. The molecule has 0 unspecified atom stereocenters. The van der Waals surface area contributed by atoms with E-state index in [0.29, 0.717) is 11.7 Å². The summed E-state index contributed by atoms with van der Waals surface area (Å²) in [7, 11) is 1.64. The largest absolute Gasteiger partial charge is 0.497 e. The Labute approximate surface area is 173 Å². The maximum atomic E-state index is 13.3. The van der Waals surface area contributed by atoms with E-state index in [2.05, 4.69) is 5.10 Å². The van der Waals surface area contributed by atoms with Crippen molar-refractivity contribution < 1.29 is 9.53 Å². The van der Waals surface area contributed by atoms with Crippen molar-refractivity contribution >= 4 is 32.6 Å². The number of carbonyl (C=O) groups excluding carboxylic acids is 1. The van der Waals surface area contributed by atoms with Crippen molar-refractivity contribution in [3.05, 3.63) is 71.5 Å². The lowest BCUT2D eigenvalue weighted by molar-refractivity contribution is -0.119. The smallest absolute Gasteiger partial charge is 0.250 e. The van der Waals surface area contributed by atoms with Crippen LogP contribution < -0.4 is 9.64 Å². The van der Waals surface area contributed by atoms with Gasteiger partial charge in [0.1, 0.15) is 12.3 Å². The zero-order valence-corrected chi connectivity index (χ0v) is 17.4. The number of ether oxygens (including phenoxy) is 1. The summed E-state index contributed by atoms with van der Waals surface area (Å²) in [5.41, 5.74) is 3.76. The van der Waals surface area contributed by atoms with Gasteiger partial charge in [-0.25, -0.2) is 4.98 Å². The molecule has 0 aliphatic heterocycles. The number of fused-ring (bicyclic) bond motifs is 1. The molecule has 7 heteroatoms. The first-order valence-corrected chi connectivity index (χ1v) is 10.1. The number of hydrogen-bond acceptors (Lipinski definition) is 5. The van der Waals surface area contributed by atoms with Crippen LogP contribution in [0.25, 0.3) is 10.2 Å². The second-order valence-corrected chi connectivity index (χ2v) is 7.89. The maximum absolute atomic E-state index is 13.3. The van der Waals surface area contributed by atoms with E-state index < -0.39 is 0 Å². The van der Waals surface area contributed by atoms with Crippen LogP contribution in [0, 0.1) is 13.8 Å². The minimum atomic E-state index is -0.0499. The molecular weight excluding hydrogens is 384 g/mol. The first-order valence-electron chi connectivity index (χ1n) is 9.33. The van der Waals surface area contributed by atoms with Crippen LogP contribution in [0.4, 0.5) is 5.13 Å². The van der Waals surface area contributed by atoms with Gasteiger partial charge in [0.2, 0.25) is 0 Å². The van der Waals surface area contributed by atoms with Crippen molar-refractivity contribution in [3.63, 3.8) is 0 Å². The molecule has 148 valence electrons. The summed E-state index contributed by atoms with van der Waals surface area (Å²) >= 11 is 1.49. The number of methoxy groups -OCH3 is 1. The van der Waals surface area contributed by atoms with Crippen molar-refractivity contribution in [2.75, 3.05) is 12.0 Å². The van der Waals surface area contributed by atoms with Crippen LogP contribution in [0.3, 0.4) is 0 Å². The number of aryl methyl sites for hydroxylation is 2. The normalized spacial score (nSPS) is 11.0. The Morgan fingerprint density at radius 1 is 1.14 bits per heavy atom.